The van der Waals surface area contributed by atoms with Crippen LogP contribution in [-0.2, 0) is 9.53 Å². The Bertz CT molecular complexity index is 389. The van der Waals surface area contributed by atoms with Gasteiger partial charge in [-0.05, 0) is 34.1 Å². The molecule has 19 heavy (non-hydrogen) atoms. The lowest BCUT2D eigenvalue weighted by Crippen LogP contribution is -2.46. The number of carbonyl (C=O) groups is 2. The van der Waals surface area contributed by atoms with Gasteiger partial charge in [-0.2, -0.15) is 0 Å². The van der Waals surface area contributed by atoms with Crippen LogP contribution < -0.4 is 0 Å². The number of hydrogen-bond acceptors (Lipinski definition) is 3. The predicted octanol–water partition coefficient (Wildman–Crippen LogP) is 1.86. The molecule has 0 spiro atoms. The van der Waals surface area contributed by atoms with Crippen molar-refractivity contribution in [2.24, 2.45) is 5.92 Å². The normalized spacial score (nSPS) is 30.5. The van der Waals surface area contributed by atoms with Gasteiger partial charge in [-0.3, -0.25) is 4.79 Å². The first-order valence-electron chi connectivity index (χ1n) is 6.97. The fraction of sp³-hybridized carbons (Fsp3) is 0.857. The van der Waals surface area contributed by atoms with E-state index in [-0.39, 0.29) is 24.1 Å². The van der Waals surface area contributed by atoms with Crippen molar-refractivity contribution in [2.75, 3.05) is 13.1 Å². The smallest absolute Gasteiger partial charge is 0.410 e. The van der Waals surface area contributed by atoms with E-state index in [1.54, 1.807) is 11.8 Å². The molecule has 0 aromatic heterocycles. The zero-order chi connectivity index (χ0) is 14.4. The molecule has 0 radical (unpaired) electrons. The molecule has 5 heteroatoms. The van der Waals surface area contributed by atoms with Crippen LogP contribution in [0.3, 0.4) is 0 Å². The summed E-state index contributed by atoms with van der Waals surface area (Å²) in [4.78, 5) is 27.5. The molecule has 0 aromatic carbocycles. The Hall–Kier alpha value is -1.26. The fourth-order valence-corrected chi connectivity index (χ4v) is 3.26. The third kappa shape index (κ3) is 2.69. The molecule has 2 aliphatic heterocycles. The van der Waals surface area contributed by atoms with Crippen LogP contribution in [0, 0.1) is 5.92 Å². The minimum atomic E-state index is -0.477. The molecule has 3 atom stereocenters. The van der Waals surface area contributed by atoms with E-state index in [0.717, 1.165) is 13.0 Å². The van der Waals surface area contributed by atoms with Crippen LogP contribution in [0.5, 0.6) is 0 Å². The number of fused-ring (bicyclic) bond motifs is 1. The number of likely N-dealkylation sites (tertiary alicyclic amines) is 2. The van der Waals surface area contributed by atoms with Gasteiger partial charge in [0.1, 0.15) is 5.60 Å². The number of carbonyl (C=O) groups excluding carboxylic acids is 2. The summed E-state index contributed by atoms with van der Waals surface area (Å²) < 4.78 is 5.44. The second-order valence-electron chi connectivity index (χ2n) is 6.63. The van der Waals surface area contributed by atoms with Gasteiger partial charge in [0.25, 0.3) is 0 Å². The van der Waals surface area contributed by atoms with Gasteiger partial charge in [0.15, 0.2) is 0 Å². The molecule has 3 unspecified atom stereocenters. The van der Waals surface area contributed by atoms with Crippen LogP contribution in [0.4, 0.5) is 4.79 Å². The zero-order valence-electron chi connectivity index (χ0n) is 12.5. The number of ether oxygens (including phenoxy) is 1. The van der Waals surface area contributed by atoms with E-state index in [0.29, 0.717) is 12.5 Å². The molecule has 0 aliphatic carbocycles. The molecule has 2 rings (SSSR count). The Labute approximate surface area is 114 Å². The van der Waals surface area contributed by atoms with Crippen molar-refractivity contribution >= 4 is 12.0 Å². The van der Waals surface area contributed by atoms with Crippen LogP contribution in [0.25, 0.3) is 0 Å². The van der Waals surface area contributed by atoms with Crippen molar-refractivity contribution in [1.29, 1.82) is 0 Å². The molecular formula is C14H24N2O3. The van der Waals surface area contributed by atoms with Gasteiger partial charge in [0.2, 0.25) is 5.91 Å². The second kappa shape index (κ2) is 4.69. The zero-order valence-corrected chi connectivity index (χ0v) is 12.5. The quantitative estimate of drug-likeness (QED) is 0.674. The van der Waals surface area contributed by atoms with Gasteiger partial charge in [-0.15, -0.1) is 0 Å². The lowest BCUT2D eigenvalue weighted by molar-refractivity contribution is -0.130. The van der Waals surface area contributed by atoms with Gasteiger partial charge < -0.3 is 14.5 Å². The largest absolute Gasteiger partial charge is 0.444 e. The van der Waals surface area contributed by atoms with E-state index in [4.69, 9.17) is 4.74 Å². The molecule has 2 amide bonds. The average Bonchev–Trinajstić information content (AvgIpc) is 2.76. The van der Waals surface area contributed by atoms with Gasteiger partial charge in [-0.1, -0.05) is 0 Å². The number of rotatable bonds is 0. The van der Waals surface area contributed by atoms with Crippen molar-refractivity contribution in [1.82, 2.24) is 9.80 Å². The molecule has 2 fully saturated rings. The van der Waals surface area contributed by atoms with Crippen LogP contribution in [-0.4, -0.2) is 52.6 Å². The summed E-state index contributed by atoms with van der Waals surface area (Å²) in [5, 5.41) is 0. The van der Waals surface area contributed by atoms with Gasteiger partial charge in [0, 0.05) is 25.9 Å². The highest BCUT2D eigenvalue weighted by Gasteiger charge is 2.49. The first kappa shape index (κ1) is 14.2. The van der Waals surface area contributed by atoms with Crippen LogP contribution in [0.15, 0.2) is 0 Å². The lowest BCUT2D eigenvalue weighted by Gasteiger charge is -2.31. The van der Waals surface area contributed by atoms with Crippen molar-refractivity contribution in [3.8, 4) is 0 Å². The molecule has 2 heterocycles. The number of nitrogens with zero attached hydrogens (tertiary/aromatic N) is 2. The predicted molar refractivity (Wildman–Crippen MR) is 71.7 cm³/mol. The van der Waals surface area contributed by atoms with E-state index in [2.05, 4.69) is 0 Å². The maximum absolute atomic E-state index is 12.2. The highest BCUT2D eigenvalue weighted by molar-refractivity contribution is 5.75. The Kier molecular flexibility index (Phi) is 3.49. The van der Waals surface area contributed by atoms with Gasteiger partial charge in [-0.25, -0.2) is 4.79 Å². The third-order valence-corrected chi connectivity index (χ3v) is 4.03. The molecule has 2 aliphatic rings. The first-order valence-corrected chi connectivity index (χ1v) is 6.97. The summed E-state index contributed by atoms with van der Waals surface area (Å²) in [5.74, 6) is 0.497. The molecule has 5 nitrogen and oxygen atoms in total. The van der Waals surface area contributed by atoms with Crippen LogP contribution >= 0.6 is 0 Å². The average molecular weight is 268 g/mol. The van der Waals surface area contributed by atoms with E-state index in [9.17, 15) is 9.59 Å². The molecular weight excluding hydrogens is 244 g/mol. The summed E-state index contributed by atoms with van der Waals surface area (Å²) in [6, 6.07) is 0.191. The molecule has 0 bridgehead atoms. The summed E-state index contributed by atoms with van der Waals surface area (Å²) >= 11 is 0. The maximum atomic E-state index is 12.2. The Morgan fingerprint density at radius 3 is 2.37 bits per heavy atom. The second-order valence-corrected chi connectivity index (χ2v) is 6.63. The van der Waals surface area contributed by atoms with E-state index >= 15 is 0 Å². The Morgan fingerprint density at radius 2 is 1.84 bits per heavy atom. The van der Waals surface area contributed by atoms with E-state index < -0.39 is 5.60 Å². The van der Waals surface area contributed by atoms with E-state index in [1.807, 2.05) is 32.6 Å². The molecule has 0 N–H and O–H groups in total. The van der Waals surface area contributed by atoms with Crippen molar-refractivity contribution in [3.63, 3.8) is 0 Å². The topological polar surface area (TPSA) is 49.9 Å². The molecule has 0 aromatic rings. The Morgan fingerprint density at radius 1 is 1.21 bits per heavy atom. The molecule has 108 valence electrons. The maximum Gasteiger partial charge on any atom is 0.410 e. The minimum absolute atomic E-state index is 0.0336. The summed E-state index contributed by atoms with van der Waals surface area (Å²) in [6.45, 7) is 10.7. The molecule has 2 saturated heterocycles. The van der Waals surface area contributed by atoms with E-state index in [1.165, 1.54) is 0 Å². The van der Waals surface area contributed by atoms with Crippen LogP contribution in [0.1, 0.15) is 41.0 Å². The van der Waals surface area contributed by atoms with Crippen molar-refractivity contribution in [2.45, 2.75) is 58.7 Å². The minimum Gasteiger partial charge on any atom is -0.444 e. The fourth-order valence-electron chi connectivity index (χ4n) is 3.26. The summed E-state index contributed by atoms with van der Waals surface area (Å²) in [7, 11) is 0. The first-order chi connectivity index (χ1) is 8.70. The third-order valence-electron chi connectivity index (χ3n) is 4.03. The molecule has 0 saturated carbocycles. The summed E-state index contributed by atoms with van der Waals surface area (Å²) in [5.41, 5.74) is -0.477. The lowest BCUT2D eigenvalue weighted by atomic mass is 10.0. The van der Waals surface area contributed by atoms with Gasteiger partial charge >= 0.3 is 6.09 Å². The number of hydrogen-bond donors (Lipinski definition) is 0. The summed E-state index contributed by atoms with van der Waals surface area (Å²) in [6.07, 6.45) is 0.714. The van der Waals surface area contributed by atoms with Crippen LogP contribution in [0.2, 0.25) is 0 Å². The highest BCUT2D eigenvalue weighted by atomic mass is 16.6. The van der Waals surface area contributed by atoms with Crippen molar-refractivity contribution in [3.05, 3.63) is 0 Å². The monoisotopic (exact) mass is 268 g/mol. The standard InChI is InChI=1S/C14H24N2O3/c1-9-12-11(6-7-15(12)10(2)17)8-16(9)13(18)19-14(3,4)5/h9,11-12H,6-8H2,1-5H3. The van der Waals surface area contributed by atoms with Crippen molar-refractivity contribution < 1.29 is 14.3 Å². The number of amides is 2. The van der Waals surface area contributed by atoms with Gasteiger partial charge in [0.05, 0.1) is 12.1 Å². The Balaban J connectivity index is 2.08. The highest BCUT2D eigenvalue weighted by Crippen LogP contribution is 2.36. The SMILES string of the molecule is CC(=O)N1CCC2CN(C(=O)OC(C)(C)C)C(C)C21.